The molecule has 0 aromatic carbocycles. The van der Waals surface area contributed by atoms with Crippen molar-refractivity contribution in [3.8, 4) is 0 Å². The van der Waals surface area contributed by atoms with E-state index >= 15 is 0 Å². The molecule has 0 aliphatic heterocycles. The average molecular weight is 302 g/mol. The number of carbonyl (C=O) groups excluding carboxylic acids is 1. The van der Waals surface area contributed by atoms with Crippen molar-refractivity contribution in [2.75, 3.05) is 19.6 Å². The van der Waals surface area contributed by atoms with Crippen molar-refractivity contribution in [3.63, 3.8) is 0 Å². The lowest BCUT2D eigenvalue weighted by Crippen LogP contribution is -2.50. The number of ether oxygens (including phenoxy) is 1. The topological polar surface area (TPSA) is 61.8 Å². The van der Waals surface area contributed by atoms with Crippen LogP contribution in [0.4, 0.5) is 4.79 Å². The van der Waals surface area contributed by atoms with E-state index in [1.807, 2.05) is 41.5 Å². The van der Waals surface area contributed by atoms with Crippen LogP contribution in [0.1, 0.15) is 61.3 Å². The number of rotatable bonds is 7. The molecule has 126 valence electrons. The van der Waals surface area contributed by atoms with Crippen molar-refractivity contribution in [3.05, 3.63) is 0 Å². The van der Waals surface area contributed by atoms with Crippen LogP contribution in [-0.2, 0) is 4.74 Å². The van der Waals surface area contributed by atoms with E-state index in [1.165, 1.54) is 0 Å². The highest BCUT2D eigenvalue weighted by molar-refractivity contribution is 5.69. The molecule has 0 aliphatic carbocycles. The van der Waals surface area contributed by atoms with E-state index in [-0.39, 0.29) is 17.7 Å². The summed E-state index contributed by atoms with van der Waals surface area (Å²) in [5.74, 6) is 0. The highest BCUT2D eigenvalue weighted by Gasteiger charge is 2.30. The smallest absolute Gasteiger partial charge is 0.410 e. The van der Waals surface area contributed by atoms with Crippen LogP contribution in [0.15, 0.2) is 0 Å². The fourth-order valence-corrected chi connectivity index (χ4v) is 1.86. The van der Waals surface area contributed by atoms with Gasteiger partial charge in [0.15, 0.2) is 0 Å². The molecular formula is C16H34N2O3. The minimum absolute atomic E-state index is 0.250. The monoisotopic (exact) mass is 302 g/mol. The molecule has 0 aromatic heterocycles. The number of amides is 1. The Bertz CT molecular complexity index is 304. The van der Waals surface area contributed by atoms with Gasteiger partial charge in [-0.3, -0.25) is 0 Å². The second-order valence-corrected chi connectivity index (χ2v) is 7.54. The molecule has 0 bridgehead atoms. The van der Waals surface area contributed by atoms with Crippen LogP contribution in [0, 0.1) is 0 Å². The number of aliphatic hydroxyl groups excluding tert-OH is 1. The third-order valence-corrected chi connectivity index (χ3v) is 2.91. The summed E-state index contributed by atoms with van der Waals surface area (Å²) >= 11 is 0. The molecule has 0 radical (unpaired) electrons. The first-order valence-electron chi connectivity index (χ1n) is 7.83. The Kier molecular flexibility index (Phi) is 8.26. The van der Waals surface area contributed by atoms with Crippen molar-refractivity contribution in [2.24, 2.45) is 0 Å². The van der Waals surface area contributed by atoms with Crippen LogP contribution < -0.4 is 5.32 Å². The summed E-state index contributed by atoms with van der Waals surface area (Å²) in [6.07, 6.45) is 1.20. The molecule has 0 aliphatic rings. The van der Waals surface area contributed by atoms with Gasteiger partial charge in [0, 0.05) is 18.6 Å². The predicted molar refractivity (Wildman–Crippen MR) is 86.5 cm³/mol. The zero-order valence-corrected chi connectivity index (χ0v) is 14.8. The summed E-state index contributed by atoms with van der Waals surface area (Å²) in [7, 11) is 0. The first kappa shape index (κ1) is 20.2. The summed E-state index contributed by atoms with van der Waals surface area (Å²) in [4.78, 5) is 14.0. The van der Waals surface area contributed by atoms with E-state index in [4.69, 9.17) is 4.74 Å². The number of aliphatic hydroxyl groups is 1. The molecule has 2 N–H and O–H groups in total. The molecule has 0 rings (SSSR count). The Labute approximate surface area is 130 Å². The minimum atomic E-state index is -0.481. The zero-order valence-electron chi connectivity index (χ0n) is 14.8. The summed E-state index contributed by atoms with van der Waals surface area (Å²) < 4.78 is 5.46. The SMILES string of the molecule is CC(O)CCCNCCN(C(=O)OC(C)(C)C)C(C)(C)C. The molecular weight excluding hydrogens is 268 g/mol. The number of carbonyl (C=O) groups is 1. The molecule has 0 aromatic rings. The molecule has 21 heavy (non-hydrogen) atoms. The molecule has 5 nitrogen and oxygen atoms in total. The number of nitrogens with one attached hydrogen (secondary N) is 1. The molecule has 1 amide bonds. The standard InChI is InChI=1S/C16H34N2O3/c1-13(19)9-8-10-17-11-12-18(15(2,3)4)14(20)21-16(5,6)7/h13,17,19H,8-12H2,1-7H3. The van der Waals surface area contributed by atoms with Gasteiger partial charge in [0.05, 0.1) is 6.10 Å². The fourth-order valence-electron chi connectivity index (χ4n) is 1.86. The van der Waals surface area contributed by atoms with E-state index < -0.39 is 5.60 Å². The molecule has 0 saturated heterocycles. The van der Waals surface area contributed by atoms with Gasteiger partial charge in [-0.1, -0.05) is 0 Å². The quantitative estimate of drug-likeness (QED) is 0.710. The number of hydrogen-bond donors (Lipinski definition) is 2. The van der Waals surface area contributed by atoms with Crippen LogP contribution in [0.25, 0.3) is 0 Å². The lowest BCUT2D eigenvalue weighted by molar-refractivity contribution is 0.00665. The maximum atomic E-state index is 12.3. The zero-order chi connectivity index (χ0) is 16.7. The largest absolute Gasteiger partial charge is 0.444 e. The fraction of sp³-hybridized carbons (Fsp3) is 0.938. The van der Waals surface area contributed by atoms with Gasteiger partial charge in [-0.2, -0.15) is 0 Å². The minimum Gasteiger partial charge on any atom is -0.444 e. The molecule has 0 saturated carbocycles. The number of hydrogen-bond acceptors (Lipinski definition) is 4. The number of nitrogens with zero attached hydrogens (tertiary/aromatic N) is 1. The second kappa shape index (κ2) is 8.59. The molecule has 1 unspecified atom stereocenters. The van der Waals surface area contributed by atoms with Crippen molar-refractivity contribution < 1.29 is 14.6 Å². The summed E-state index contributed by atoms with van der Waals surface area (Å²) in [6, 6.07) is 0. The lowest BCUT2D eigenvalue weighted by Gasteiger charge is -2.37. The van der Waals surface area contributed by atoms with Gasteiger partial charge in [0.1, 0.15) is 5.60 Å². The van der Waals surface area contributed by atoms with Crippen molar-refractivity contribution in [1.29, 1.82) is 0 Å². The normalized spacial score (nSPS) is 13.9. The van der Waals surface area contributed by atoms with E-state index in [9.17, 15) is 9.90 Å². The first-order chi connectivity index (χ1) is 9.43. The van der Waals surface area contributed by atoms with Gasteiger partial charge >= 0.3 is 6.09 Å². The first-order valence-corrected chi connectivity index (χ1v) is 7.83. The average Bonchev–Trinajstić information content (AvgIpc) is 2.22. The Morgan fingerprint density at radius 2 is 1.76 bits per heavy atom. The molecule has 0 heterocycles. The summed E-state index contributed by atoms with van der Waals surface area (Å²) in [6.45, 7) is 15.6. The summed E-state index contributed by atoms with van der Waals surface area (Å²) in [5, 5.41) is 12.5. The third-order valence-electron chi connectivity index (χ3n) is 2.91. The maximum absolute atomic E-state index is 12.3. The van der Waals surface area contributed by atoms with E-state index in [2.05, 4.69) is 5.32 Å². The lowest BCUT2D eigenvalue weighted by atomic mass is 10.1. The van der Waals surface area contributed by atoms with Gasteiger partial charge in [-0.25, -0.2) is 4.79 Å². The van der Waals surface area contributed by atoms with E-state index in [0.717, 1.165) is 25.9 Å². The highest BCUT2D eigenvalue weighted by atomic mass is 16.6. The van der Waals surface area contributed by atoms with Crippen molar-refractivity contribution in [2.45, 2.75) is 78.6 Å². The van der Waals surface area contributed by atoms with Crippen LogP contribution >= 0.6 is 0 Å². The molecule has 0 spiro atoms. The van der Waals surface area contributed by atoms with Gasteiger partial charge < -0.3 is 20.1 Å². The predicted octanol–water partition coefficient (Wildman–Crippen LogP) is 2.77. The Morgan fingerprint density at radius 3 is 2.19 bits per heavy atom. The Balaban J connectivity index is 4.24. The highest BCUT2D eigenvalue weighted by Crippen LogP contribution is 2.17. The van der Waals surface area contributed by atoms with Gasteiger partial charge in [0.25, 0.3) is 0 Å². The maximum Gasteiger partial charge on any atom is 0.410 e. The van der Waals surface area contributed by atoms with Crippen LogP contribution in [0.3, 0.4) is 0 Å². The van der Waals surface area contributed by atoms with Crippen LogP contribution in [-0.4, -0.2) is 53.0 Å². The van der Waals surface area contributed by atoms with Crippen LogP contribution in [0.2, 0.25) is 0 Å². The van der Waals surface area contributed by atoms with Crippen molar-refractivity contribution in [1.82, 2.24) is 10.2 Å². The second-order valence-electron chi connectivity index (χ2n) is 7.54. The Hall–Kier alpha value is -0.810. The summed E-state index contributed by atoms with van der Waals surface area (Å²) in [5.41, 5.74) is -0.755. The molecule has 0 fully saturated rings. The van der Waals surface area contributed by atoms with Crippen LogP contribution in [0.5, 0.6) is 0 Å². The van der Waals surface area contributed by atoms with Gasteiger partial charge in [-0.05, 0) is 67.9 Å². The van der Waals surface area contributed by atoms with Gasteiger partial charge in [0.2, 0.25) is 0 Å². The van der Waals surface area contributed by atoms with E-state index in [1.54, 1.807) is 11.8 Å². The molecule has 1 atom stereocenters. The van der Waals surface area contributed by atoms with Crippen molar-refractivity contribution >= 4 is 6.09 Å². The van der Waals surface area contributed by atoms with Gasteiger partial charge in [-0.15, -0.1) is 0 Å². The Morgan fingerprint density at radius 1 is 1.19 bits per heavy atom. The third kappa shape index (κ3) is 10.5. The van der Waals surface area contributed by atoms with E-state index in [0.29, 0.717) is 6.54 Å². The molecule has 5 heteroatoms.